The van der Waals surface area contributed by atoms with E-state index in [1.165, 1.54) is 18.2 Å². The molecule has 3 nitrogen and oxygen atoms in total. The molecule has 0 unspecified atom stereocenters. The van der Waals surface area contributed by atoms with Gasteiger partial charge in [0.25, 0.3) is 0 Å². The zero-order chi connectivity index (χ0) is 11.7. The summed E-state index contributed by atoms with van der Waals surface area (Å²) in [5.74, 6) is -6.13. The summed E-state index contributed by atoms with van der Waals surface area (Å²) in [6.07, 6.45) is -5.42. The van der Waals surface area contributed by atoms with Gasteiger partial charge in [0.15, 0.2) is 0 Å². The van der Waals surface area contributed by atoms with Crippen LogP contribution in [0.3, 0.4) is 0 Å². The summed E-state index contributed by atoms with van der Waals surface area (Å²) in [6.45, 7) is 0. The van der Waals surface area contributed by atoms with E-state index in [4.69, 9.17) is 10.2 Å². The molecular weight excluding hydrogens is 213 g/mol. The van der Waals surface area contributed by atoms with Gasteiger partial charge in [-0.25, -0.2) is 0 Å². The molecule has 1 aromatic carbocycles. The number of aliphatic hydroxyl groups is 2. The standard InChI is InChI=1S/C9H7F3O3/c10-9(11,12)8(14,15)7(13)6-4-2-1-3-5-6/h1-5,14-15H. The van der Waals surface area contributed by atoms with Crippen LogP contribution in [0.4, 0.5) is 13.2 Å². The summed E-state index contributed by atoms with van der Waals surface area (Å²) in [6, 6.07) is 6.25. The number of halogens is 3. The molecule has 0 heterocycles. The van der Waals surface area contributed by atoms with Gasteiger partial charge in [0.2, 0.25) is 5.78 Å². The molecule has 6 heteroatoms. The van der Waals surface area contributed by atoms with Crippen molar-refractivity contribution in [3.8, 4) is 0 Å². The molecule has 0 atom stereocenters. The third kappa shape index (κ3) is 2.16. The lowest BCUT2D eigenvalue weighted by molar-refractivity contribution is -0.318. The van der Waals surface area contributed by atoms with Crippen LogP contribution in [-0.2, 0) is 0 Å². The minimum absolute atomic E-state index is 0.417. The fourth-order valence-corrected chi connectivity index (χ4v) is 0.920. The van der Waals surface area contributed by atoms with E-state index in [1.54, 1.807) is 0 Å². The van der Waals surface area contributed by atoms with Crippen molar-refractivity contribution in [2.75, 3.05) is 0 Å². The Morgan fingerprint density at radius 1 is 1.07 bits per heavy atom. The Morgan fingerprint density at radius 2 is 1.53 bits per heavy atom. The van der Waals surface area contributed by atoms with E-state index in [0.29, 0.717) is 0 Å². The fraction of sp³-hybridized carbons (Fsp3) is 0.222. The number of Topliss-reactive ketones (excluding diaryl/α,β-unsaturated/α-hetero) is 1. The van der Waals surface area contributed by atoms with Crippen molar-refractivity contribution in [1.82, 2.24) is 0 Å². The van der Waals surface area contributed by atoms with Crippen LogP contribution in [0.1, 0.15) is 10.4 Å². The highest BCUT2D eigenvalue weighted by Crippen LogP contribution is 2.30. The average molecular weight is 220 g/mol. The van der Waals surface area contributed by atoms with Crippen molar-refractivity contribution < 1.29 is 28.2 Å². The van der Waals surface area contributed by atoms with Gasteiger partial charge in [-0.2, -0.15) is 13.2 Å². The van der Waals surface area contributed by atoms with Gasteiger partial charge in [-0.3, -0.25) is 4.79 Å². The van der Waals surface area contributed by atoms with Gasteiger partial charge in [-0.1, -0.05) is 30.3 Å². The number of carbonyl (C=O) groups is 1. The molecule has 0 saturated carbocycles. The third-order valence-electron chi connectivity index (χ3n) is 1.75. The smallest absolute Gasteiger partial charge is 0.352 e. The maximum Gasteiger partial charge on any atom is 0.451 e. The molecule has 0 aromatic heterocycles. The van der Waals surface area contributed by atoms with Crippen LogP contribution in [0.25, 0.3) is 0 Å². The van der Waals surface area contributed by atoms with Crippen LogP contribution in [0.2, 0.25) is 0 Å². The third-order valence-corrected chi connectivity index (χ3v) is 1.75. The van der Waals surface area contributed by atoms with E-state index in [-0.39, 0.29) is 0 Å². The molecule has 0 fully saturated rings. The van der Waals surface area contributed by atoms with E-state index in [0.717, 1.165) is 12.1 Å². The van der Waals surface area contributed by atoms with E-state index < -0.39 is 23.3 Å². The topological polar surface area (TPSA) is 57.5 Å². The fourth-order valence-electron chi connectivity index (χ4n) is 0.920. The minimum Gasteiger partial charge on any atom is -0.352 e. The zero-order valence-electron chi connectivity index (χ0n) is 7.32. The van der Waals surface area contributed by atoms with E-state index in [1.807, 2.05) is 0 Å². The molecule has 2 N–H and O–H groups in total. The second kappa shape index (κ2) is 3.63. The summed E-state index contributed by atoms with van der Waals surface area (Å²) in [4.78, 5) is 11.1. The average Bonchev–Trinajstić information content (AvgIpc) is 2.16. The Morgan fingerprint density at radius 3 is 1.93 bits per heavy atom. The zero-order valence-corrected chi connectivity index (χ0v) is 7.32. The molecule has 15 heavy (non-hydrogen) atoms. The predicted molar refractivity (Wildman–Crippen MR) is 44.0 cm³/mol. The van der Waals surface area contributed by atoms with Gasteiger partial charge in [0.05, 0.1) is 0 Å². The summed E-state index contributed by atoms with van der Waals surface area (Å²) in [5, 5.41) is 17.3. The van der Waals surface area contributed by atoms with Gasteiger partial charge in [-0.05, 0) is 0 Å². The van der Waals surface area contributed by atoms with Gasteiger partial charge in [0, 0.05) is 5.56 Å². The molecule has 1 aromatic rings. The lowest BCUT2D eigenvalue weighted by Gasteiger charge is -2.22. The summed E-state index contributed by atoms with van der Waals surface area (Å²) in [7, 11) is 0. The van der Waals surface area contributed by atoms with Crippen molar-refractivity contribution in [2.24, 2.45) is 0 Å². The number of ketones is 1. The van der Waals surface area contributed by atoms with E-state index in [2.05, 4.69) is 0 Å². The van der Waals surface area contributed by atoms with Crippen molar-refractivity contribution in [3.63, 3.8) is 0 Å². The van der Waals surface area contributed by atoms with Crippen LogP contribution in [0.5, 0.6) is 0 Å². The molecule has 0 bridgehead atoms. The Labute approximate surface area is 82.8 Å². The molecule has 1 rings (SSSR count). The Balaban J connectivity index is 3.06. The van der Waals surface area contributed by atoms with E-state index >= 15 is 0 Å². The second-order valence-electron chi connectivity index (χ2n) is 2.87. The normalized spacial score (nSPS) is 12.6. The van der Waals surface area contributed by atoms with Crippen LogP contribution in [0.15, 0.2) is 30.3 Å². The lowest BCUT2D eigenvalue weighted by Crippen LogP contribution is -2.51. The van der Waals surface area contributed by atoms with E-state index in [9.17, 15) is 18.0 Å². The first-order chi connectivity index (χ1) is 6.77. The van der Waals surface area contributed by atoms with Crippen molar-refractivity contribution in [2.45, 2.75) is 12.0 Å². The number of hydrogen-bond acceptors (Lipinski definition) is 3. The Kier molecular flexibility index (Phi) is 2.83. The maximum atomic E-state index is 12.0. The van der Waals surface area contributed by atoms with Crippen LogP contribution < -0.4 is 0 Å². The minimum atomic E-state index is -5.42. The van der Waals surface area contributed by atoms with Gasteiger partial charge in [0.1, 0.15) is 0 Å². The van der Waals surface area contributed by atoms with Crippen LogP contribution in [-0.4, -0.2) is 28.0 Å². The summed E-state index contributed by atoms with van der Waals surface area (Å²) in [5.41, 5.74) is -0.417. The number of hydrogen-bond donors (Lipinski definition) is 2. The van der Waals surface area contributed by atoms with Gasteiger partial charge >= 0.3 is 12.0 Å². The highest BCUT2D eigenvalue weighted by molar-refractivity contribution is 6.01. The Hall–Kier alpha value is -1.40. The number of benzene rings is 1. The molecule has 0 saturated heterocycles. The lowest BCUT2D eigenvalue weighted by atomic mass is 10.0. The molecular formula is C9H7F3O3. The maximum absolute atomic E-state index is 12.0. The summed E-state index contributed by atoms with van der Waals surface area (Å²) >= 11 is 0. The van der Waals surface area contributed by atoms with Crippen LogP contribution >= 0.6 is 0 Å². The monoisotopic (exact) mass is 220 g/mol. The highest BCUT2D eigenvalue weighted by Gasteiger charge is 2.58. The van der Waals surface area contributed by atoms with Gasteiger partial charge < -0.3 is 10.2 Å². The van der Waals surface area contributed by atoms with Crippen LogP contribution in [0, 0.1) is 0 Å². The predicted octanol–water partition coefficient (Wildman–Crippen LogP) is 1.11. The number of alkyl halides is 3. The first-order valence-corrected chi connectivity index (χ1v) is 3.88. The van der Waals surface area contributed by atoms with Gasteiger partial charge in [-0.15, -0.1) is 0 Å². The largest absolute Gasteiger partial charge is 0.451 e. The SMILES string of the molecule is O=C(c1ccccc1)C(O)(O)C(F)(F)F. The first kappa shape index (κ1) is 11.7. The molecule has 0 aliphatic rings. The Bertz CT molecular complexity index is 357. The quantitative estimate of drug-likeness (QED) is 0.579. The summed E-state index contributed by atoms with van der Waals surface area (Å²) < 4.78 is 36.1. The molecule has 0 radical (unpaired) electrons. The first-order valence-electron chi connectivity index (χ1n) is 3.88. The molecule has 0 aliphatic heterocycles. The molecule has 0 amide bonds. The highest BCUT2D eigenvalue weighted by atomic mass is 19.4. The molecule has 82 valence electrons. The number of rotatable bonds is 2. The van der Waals surface area contributed by atoms with Crippen molar-refractivity contribution >= 4 is 5.78 Å². The van der Waals surface area contributed by atoms with Crippen molar-refractivity contribution in [1.29, 1.82) is 0 Å². The molecule has 0 aliphatic carbocycles. The van der Waals surface area contributed by atoms with Crippen molar-refractivity contribution in [3.05, 3.63) is 35.9 Å². The number of carbonyl (C=O) groups excluding carboxylic acids is 1. The molecule has 0 spiro atoms. The second-order valence-corrected chi connectivity index (χ2v) is 2.87.